The number of hydrogen-bond donors (Lipinski definition) is 1. The first-order valence-electron chi connectivity index (χ1n) is 4.98. The Labute approximate surface area is 79.9 Å². The average Bonchev–Trinajstić information content (AvgIpc) is 2.17. The Hall–Kier alpha value is -0.600. The zero-order valence-electron chi connectivity index (χ0n) is 8.20. The molecule has 74 valence electrons. The van der Waals surface area contributed by atoms with Gasteiger partial charge in [-0.3, -0.25) is 0 Å². The monoisotopic (exact) mass is 182 g/mol. The SMILES string of the molecule is CCCC(O)OCC1=CCCC=C1. The third-order valence-electron chi connectivity index (χ3n) is 2.05. The summed E-state index contributed by atoms with van der Waals surface area (Å²) in [5, 5.41) is 9.31. The summed E-state index contributed by atoms with van der Waals surface area (Å²) in [6.45, 7) is 2.57. The van der Waals surface area contributed by atoms with Crippen LogP contribution in [0.5, 0.6) is 0 Å². The molecule has 0 bridgehead atoms. The van der Waals surface area contributed by atoms with E-state index in [9.17, 15) is 5.11 Å². The van der Waals surface area contributed by atoms with Gasteiger partial charge >= 0.3 is 0 Å². The van der Waals surface area contributed by atoms with Gasteiger partial charge in [0.25, 0.3) is 0 Å². The van der Waals surface area contributed by atoms with E-state index in [-0.39, 0.29) is 0 Å². The van der Waals surface area contributed by atoms with Gasteiger partial charge in [-0.25, -0.2) is 0 Å². The standard InChI is InChI=1S/C11H18O2/c1-2-6-11(12)13-9-10-7-4-3-5-8-10/h4,7-8,11-12H,2-3,5-6,9H2,1H3. The molecular formula is C11H18O2. The van der Waals surface area contributed by atoms with Crippen LogP contribution in [0.25, 0.3) is 0 Å². The maximum Gasteiger partial charge on any atom is 0.154 e. The Morgan fingerprint density at radius 1 is 1.54 bits per heavy atom. The van der Waals surface area contributed by atoms with Gasteiger partial charge in [0.2, 0.25) is 0 Å². The Kier molecular flexibility index (Phi) is 4.79. The molecule has 0 radical (unpaired) electrons. The number of hydrogen-bond acceptors (Lipinski definition) is 2. The highest BCUT2D eigenvalue weighted by atomic mass is 16.6. The van der Waals surface area contributed by atoms with E-state index in [0.717, 1.165) is 25.7 Å². The summed E-state index contributed by atoms with van der Waals surface area (Å²) in [6.07, 6.45) is 9.68. The molecule has 0 spiro atoms. The molecular weight excluding hydrogens is 164 g/mol. The fourth-order valence-corrected chi connectivity index (χ4v) is 1.30. The molecule has 2 nitrogen and oxygen atoms in total. The first-order chi connectivity index (χ1) is 6.33. The van der Waals surface area contributed by atoms with Crippen molar-refractivity contribution in [3.8, 4) is 0 Å². The van der Waals surface area contributed by atoms with Gasteiger partial charge in [-0.1, -0.05) is 31.6 Å². The molecule has 0 aromatic heterocycles. The molecule has 2 heteroatoms. The molecule has 0 aliphatic heterocycles. The van der Waals surface area contributed by atoms with Crippen LogP contribution >= 0.6 is 0 Å². The van der Waals surface area contributed by atoms with Crippen LogP contribution in [0.1, 0.15) is 32.6 Å². The summed E-state index contributed by atoms with van der Waals surface area (Å²) in [4.78, 5) is 0. The second kappa shape index (κ2) is 5.95. The lowest BCUT2D eigenvalue weighted by Gasteiger charge is -2.12. The maximum absolute atomic E-state index is 9.31. The van der Waals surface area contributed by atoms with Gasteiger partial charge in [0.05, 0.1) is 6.61 Å². The third kappa shape index (κ3) is 4.25. The highest BCUT2D eigenvalue weighted by Gasteiger charge is 2.03. The molecule has 1 rings (SSSR count). The quantitative estimate of drug-likeness (QED) is 0.661. The minimum atomic E-state index is -0.596. The molecule has 1 N–H and O–H groups in total. The molecule has 1 unspecified atom stereocenters. The van der Waals surface area contributed by atoms with Crippen molar-refractivity contribution >= 4 is 0 Å². The predicted molar refractivity (Wildman–Crippen MR) is 53.3 cm³/mol. The Morgan fingerprint density at radius 2 is 2.38 bits per heavy atom. The van der Waals surface area contributed by atoms with Gasteiger partial charge < -0.3 is 9.84 Å². The predicted octanol–water partition coefficient (Wildman–Crippen LogP) is 2.40. The van der Waals surface area contributed by atoms with Gasteiger partial charge in [0.1, 0.15) is 0 Å². The van der Waals surface area contributed by atoms with Crippen LogP contribution < -0.4 is 0 Å². The Balaban J connectivity index is 2.18. The molecule has 0 fully saturated rings. The molecule has 0 heterocycles. The summed E-state index contributed by atoms with van der Waals surface area (Å²) in [5.41, 5.74) is 1.18. The second-order valence-electron chi connectivity index (χ2n) is 3.31. The number of allylic oxidation sites excluding steroid dienone is 2. The third-order valence-corrected chi connectivity index (χ3v) is 2.05. The minimum absolute atomic E-state index is 0.539. The maximum atomic E-state index is 9.31. The lowest BCUT2D eigenvalue weighted by Crippen LogP contribution is -2.13. The van der Waals surface area contributed by atoms with Crippen LogP contribution in [0.2, 0.25) is 0 Å². The molecule has 0 aromatic rings. The highest BCUT2D eigenvalue weighted by Crippen LogP contribution is 2.11. The van der Waals surface area contributed by atoms with E-state index >= 15 is 0 Å². The largest absolute Gasteiger partial charge is 0.368 e. The molecule has 1 aliphatic carbocycles. The first kappa shape index (κ1) is 10.5. The smallest absolute Gasteiger partial charge is 0.154 e. The van der Waals surface area contributed by atoms with Gasteiger partial charge in [0.15, 0.2) is 6.29 Å². The molecule has 0 amide bonds. The Morgan fingerprint density at radius 3 is 3.00 bits per heavy atom. The molecule has 1 atom stereocenters. The van der Waals surface area contributed by atoms with Gasteiger partial charge in [0, 0.05) is 0 Å². The van der Waals surface area contributed by atoms with Crippen LogP contribution in [-0.2, 0) is 4.74 Å². The van der Waals surface area contributed by atoms with Crippen LogP contribution in [-0.4, -0.2) is 18.0 Å². The van der Waals surface area contributed by atoms with Crippen molar-refractivity contribution in [1.82, 2.24) is 0 Å². The highest BCUT2D eigenvalue weighted by molar-refractivity contribution is 5.22. The van der Waals surface area contributed by atoms with E-state index < -0.39 is 6.29 Å². The zero-order chi connectivity index (χ0) is 9.52. The van der Waals surface area contributed by atoms with E-state index in [2.05, 4.69) is 18.2 Å². The summed E-state index contributed by atoms with van der Waals surface area (Å²) in [7, 11) is 0. The van der Waals surface area contributed by atoms with Crippen molar-refractivity contribution in [2.45, 2.75) is 38.9 Å². The number of ether oxygens (including phenoxy) is 1. The van der Waals surface area contributed by atoms with Crippen molar-refractivity contribution < 1.29 is 9.84 Å². The van der Waals surface area contributed by atoms with Crippen molar-refractivity contribution in [3.05, 3.63) is 23.8 Å². The summed E-state index contributed by atoms with van der Waals surface area (Å²) >= 11 is 0. The number of rotatable bonds is 5. The van der Waals surface area contributed by atoms with Gasteiger partial charge in [-0.05, 0) is 24.8 Å². The van der Waals surface area contributed by atoms with E-state index in [1.54, 1.807) is 0 Å². The number of aliphatic hydroxyl groups is 1. The summed E-state index contributed by atoms with van der Waals surface area (Å²) in [6, 6.07) is 0. The Bertz CT molecular complexity index is 194. The van der Waals surface area contributed by atoms with E-state index in [4.69, 9.17) is 4.74 Å². The first-order valence-corrected chi connectivity index (χ1v) is 4.98. The van der Waals surface area contributed by atoms with Crippen LogP contribution in [0.15, 0.2) is 23.8 Å². The summed E-state index contributed by atoms with van der Waals surface area (Å²) in [5.74, 6) is 0. The fourth-order valence-electron chi connectivity index (χ4n) is 1.30. The van der Waals surface area contributed by atoms with Crippen molar-refractivity contribution in [3.63, 3.8) is 0 Å². The fraction of sp³-hybridized carbons (Fsp3) is 0.636. The van der Waals surface area contributed by atoms with Crippen LogP contribution in [0.3, 0.4) is 0 Å². The molecule has 0 aromatic carbocycles. The van der Waals surface area contributed by atoms with E-state index in [1.165, 1.54) is 5.57 Å². The van der Waals surface area contributed by atoms with E-state index in [0.29, 0.717) is 6.61 Å². The molecule has 0 saturated carbocycles. The second-order valence-corrected chi connectivity index (χ2v) is 3.31. The van der Waals surface area contributed by atoms with Crippen molar-refractivity contribution in [2.75, 3.05) is 6.61 Å². The van der Waals surface area contributed by atoms with Crippen molar-refractivity contribution in [2.24, 2.45) is 0 Å². The van der Waals surface area contributed by atoms with Crippen molar-refractivity contribution in [1.29, 1.82) is 0 Å². The summed E-state index contributed by atoms with van der Waals surface area (Å²) < 4.78 is 5.26. The minimum Gasteiger partial charge on any atom is -0.368 e. The number of aliphatic hydroxyl groups excluding tert-OH is 1. The molecule has 0 saturated heterocycles. The van der Waals surface area contributed by atoms with Crippen LogP contribution in [0, 0.1) is 0 Å². The zero-order valence-corrected chi connectivity index (χ0v) is 8.20. The van der Waals surface area contributed by atoms with E-state index in [1.807, 2.05) is 6.92 Å². The van der Waals surface area contributed by atoms with Gasteiger partial charge in [-0.15, -0.1) is 0 Å². The lowest BCUT2D eigenvalue weighted by molar-refractivity contribution is -0.0945. The lowest BCUT2D eigenvalue weighted by atomic mass is 10.1. The normalized spacial score (nSPS) is 18.5. The molecule has 1 aliphatic rings. The average molecular weight is 182 g/mol. The molecule has 13 heavy (non-hydrogen) atoms. The van der Waals surface area contributed by atoms with Gasteiger partial charge in [-0.2, -0.15) is 0 Å². The van der Waals surface area contributed by atoms with Crippen LogP contribution in [0.4, 0.5) is 0 Å². The topological polar surface area (TPSA) is 29.5 Å².